The van der Waals surface area contributed by atoms with Gasteiger partial charge in [0.15, 0.2) is 0 Å². The van der Waals surface area contributed by atoms with Crippen molar-refractivity contribution in [3.8, 4) is 5.75 Å². The molecule has 37 heavy (non-hydrogen) atoms. The number of nitrogens with zero attached hydrogens (tertiary/aromatic N) is 2. The second-order valence-electron chi connectivity index (χ2n) is 8.13. The summed E-state index contributed by atoms with van der Waals surface area (Å²) < 4.78 is 5.36. The zero-order valence-electron chi connectivity index (χ0n) is 21.0. The summed E-state index contributed by atoms with van der Waals surface area (Å²) in [5.74, 6) is -0.809. The molecule has 0 aliphatic rings. The number of nitrogens with two attached hydrogens (primary N) is 1. The Morgan fingerprint density at radius 1 is 0.865 bits per heavy atom. The summed E-state index contributed by atoms with van der Waals surface area (Å²) >= 11 is 0. The highest BCUT2D eigenvalue weighted by molar-refractivity contribution is 5.99. The number of esters is 1. The molecule has 0 heterocycles. The van der Waals surface area contributed by atoms with Crippen molar-refractivity contribution in [2.45, 2.75) is 6.92 Å². The van der Waals surface area contributed by atoms with Gasteiger partial charge < -0.3 is 20.3 Å². The van der Waals surface area contributed by atoms with Crippen LogP contribution in [0.2, 0.25) is 0 Å². The highest BCUT2D eigenvalue weighted by Crippen LogP contribution is 2.16. The lowest BCUT2D eigenvalue weighted by atomic mass is 10.1. The second-order valence-corrected chi connectivity index (χ2v) is 8.13. The molecular formula is C29H32N4O4. The molecule has 0 aliphatic carbocycles. The van der Waals surface area contributed by atoms with Gasteiger partial charge in [-0.3, -0.25) is 15.0 Å². The monoisotopic (exact) mass is 500 g/mol. The van der Waals surface area contributed by atoms with E-state index in [1.165, 1.54) is 4.90 Å². The van der Waals surface area contributed by atoms with Gasteiger partial charge in [0.1, 0.15) is 18.1 Å². The van der Waals surface area contributed by atoms with Crippen molar-refractivity contribution >= 4 is 29.7 Å². The molecule has 3 N–H and O–H groups in total. The van der Waals surface area contributed by atoms with Crippen LogP contribution in [0.5, 0.6) is 5.75 Å². The second kappa shape index (κ2) is 14.0. The first kappa shape index (κ1) is 28.5. The van der Waals surface area contributed by atoms with Gasteiger partial charge in [0, 0.05) is 30.8 Å². The SMILES string of the molecule is C=CCN(CC=C)C(=O)CN(CC=C)C(=O)/C(C)=C/c1ccc(C(=O)Oc2ccc(C(=N)N)cc2)cc1. The van der Waals surface area contributed by atoms with E-state index in [4.69, 9.17) is 15.9 Å². The lowest BCUT2D eigenvalue weighted by Gasteiger charge is -2.26. The maximum Gasteiger partial charge on any atom is 0.343 e. The molecule has 2 aromatic carbocycles. The number of hydrogen-bond donors (Lipinski definition) is 2. The van der Waals surface area contributed by atoms with Crippen LogP contribution in [-0.2, 0) is 9.59 Å². The van der Waals surface area contributed by atoms with E-state index in [1.54, 1.807) is 84.7 Å². The Kier molecular flexibility index (Phi) is 10.8. The molecule has 0 unspecified atom stereocenters. The molecule has 0 atom stereocenters. The van der Waals surface area contributed by atoms with Crippen LogP contribution in [-0.4, -0.2) is 59.6 Å². The number of rotatable bonds is 13. The van der Waals surface area contributed by atoms with Crippen molar-refractivity contribution in [1.82, 2.24) is 9.80 Å². The zero-order chi connectivity index (χ0) is 27.4. The first-order valence-electron chi connectivity index (χ1n) is 11.5. The fourth-order valence-corrected chi connectivity index (χ4v) is 3.37. The predicted octanol–water partition coefficient (Wildman–Crippen LogP) is 3.81. The highest BCUT2D eigenvalue weighted by atomic mass is 16.5. The van der Waals surface area contributed by atoms with Crippen LogP contribution in [0.1, 0.15) is 28.4 Å². The van der Waals surface area contributed by atoms with Crippen LogP contribution in [0.15, 0.2) is 92.1 Å². The van der Waals surface area contributed by atoms with Gasteiger partial charge in [-0.1, -0.05) is 30.4 Å². The van der Waals surface area contributed by atoms with Gasteiger partial charge in [-0.2, -0.15) is 0 Å². The van der Waals surface area contributed by atoms with Crippen LogP contribution < -0.4 is 10.5 Å². The molecule has 2 aromatic rings. The van der Waals surface area contributed by atoms with Gasteiger partial charge in [-0.05, 0) is 55.0 Å². The molecule has 2 amide bonds. The van der Waals surface area contributed by atoms with Crippen molar-refractivity contribution in [1.29, 1.82) is 5.41 Å². The van der Waals surface area contributed by atoms with Gasteiger partial charge >= 0.3 is 5.97 Å². The summed E-state index contributed by atoms with van der Waals surface area (Å²) in [6.07, 6.45) is 6.49. The number of amides is 2. The topological polar surface area (TPSA) is 117 Å². The average molecular weight is 501 g/mol. The normalized spacial score (nSPS) is 10.7. The van der Waals surface area contributed by atoms with E-state index < -0.39 is 5.97 Å². The fraction of sp³-hybridized carbons (Fsp3) is 0.172. The van der Waals surface area contributed by atoms with E-state index >= 15 is 0 Å². The molecule has 0 radical (unpaired) electrons. The number of ether oxygens (including phenoxy) is 1. The standard InChI is InChI=1S/C29H32N4O4/c1-5-16-32(17-6-2)26(34)20-33(18-7-3)28(35)21(4)19-22-8-10-24(11-9-22)29(36)37-25-14-12-23(13-15-25)27(30)31/h5-15,19H,1-3,16-18,20H2,4H3,(H3,30,31)/b21-19+. The summed E-state index contributed by atoms with van der Waals surface area (Å²) in [5.41, 5.74) is 7.43. The molecule has 8 nitrogen and oxygen atoms in total. The number of benzene rings is 2. The first-order valence-corrected chi connectivity index (χ1v) is 11.5. The van der Waals surface area contributed by atoms with Crippen molar-refractivity contribution in [3.05, 3.63) is 109 Å². The first-order chi connectivity index (χ1) is 17.7. The third-order valence-electron chi connectivity index (χ3n) is 5.26. The minimum absolute atomic E-state index is 0.0723. The summed E-state index contributed by atoms with van der Waals surface area (Å²) in [5, 5.41) is 7.41. The quantitative estimate of drug-likeness (QED) is 0.108. The van der Waals surface area contributed by atoms with Gasteiger partial charge in [0.25, 0.3) is 0 Å². The smallest absolute Gasteiger partial charge is 0.343 e. The Morgan fingerprint density at radius 2 is 1.38 bits per heavy atom. The largest absolute Gasteiger partial charge is 0.423 e. The molecule has 192 valence electrons. The molecule has 0 spiro atoms. The molecular weight excluding hydrogens is 468 g/mol. The molecule has 0 bridgehead atoms. The number of nitrogen functional groups attached to an aromatic ring is 1. The average Bonchev–Trinajstić information content (AvgIpc) is 2.88. The number of carbonyl (C=O) groups is 3. The van der Waals surface area contributed by atoms with Crippen molar-refractivity contribution in [2.24, 2.45) is 5.73 Å². The summed E-state index contributed by atoms with van der Waals surface area (Å²) in [4.78, 5) is 41.2. The number of hydrogen-bond acceptors (Lipinski definition) is 5. The molecule has 0 saturated heterocycles. The molecule has 0 saturated carbocycles. The molecule has 0 aromatic heterocycles. The zero-order valence-corrected chi connectivity index (χ0v) is 21.0. The van der Waals surface area contributed by atoms with E-state index in [-0.39, 0.29) is 30.7 Å². The van der Waals surface area contributed by atoms with Gasteiger partial charge in [0.05, 0.1) is 5.56 Å². The molecule has 0 aliphatic heterocycles. The van der Waals surface area contributed by atoms with Crippen LogP contribution in [0.3, 0.4) is 0 Å². The van der Waals surface area contributed by atoms with Crippen LogP contribution in [0, 0.1) is 5.41 Å². The number of nitrogens with one attached hydrogen (secondary N) is 1. The fourth-order valence-electron chi connectivity index (χ4n) is 3.37. The maximum atomic E-state index is 13.1. The Bertz CT molecular complexity index is 1190. The minimum Gasteiger partial charge on any atom is -0.423 e. The van der Waals surface area contributed by atoms with Crippen molar-refractivity contribution in [2.75, 3.05) is 26.2 Å². The summed E-state index contributed by atoms with van der Waals surface area (Å²) in [7, 11) is 0. The van der Waals surface area contributed by atoms with Crippen LogP contribution in [0.25, 0.3) is 6.08 Å². The molecule has 8 heteroatoms. The van der Waals surface area contributed by atoms with Gasteiger partial charge in [-0.25, -0.2) is 4.79 Å². The lowest BCUT2D eigenvalue weighted by Crippen LogP contribution is -2.43. The summed E-state index contributed by atoms with van der Waals surface area (Å²) in [6.45, 7) is 13.5. The van der Waals surface area contributed by atoms with Gasteiger partial charge in [0.2, 0.25) is 11.8 Å². The Labute approximate surface area is 217 Å². The third-order valence-corrected chi connectivity index (χ3v) is 5.26. The Hall–Kier alpha value is -4.72. The number of amidine groups is 1. The van der Waals surface area contributed by atoms with E-state index in [9.17, 15) is 14.4 Å². The van der Waals surface area contributed by atoms with E-state index in [0.29, 0.717) is 41.1 Å². The Balaban J connectivity index is 2.09. The van der Waals surface area contributed by atoms with Crippen molar-refractivity contribution < 1.29 is 19.1 Å². The van der Waals surface area contributed by atoms with Crippen LogP contribution >= 0.6 is 0 Å². The van der Waals surface area contributed by atoms with Crippen molar-refractivity contribution in [3.63, 3.8) is 0 Å². The minimum atomic E-state index is -0.543. The third kappa shape index (κ3) is 8.47. The van der Waals surface area contributed by atoms with E-state index in [2.05, 4.69) is 19.7 Å². The van der Waals surface area contributed by atoms with E-state index in [0.717, 1.165) is 0 Å². The summed E-state index contributed by atoms with van der Waals surface area (Å²) in [6, 6.07) is 12.9. The molecule has 0 fully saturated rings. The maximum absolute atomic E-state index is 13.1. The van der Waals surface area contributed by atoms with Crippen LogP contribution in [0.4, 0.5) is 0 Å². The Morgan fingerprint density at radius 3 is 1.89 bits per heavy atom. The lowest BCUT2D eigenvalue weighted by molar-refractivity contribution is -0.137. The van der Waals surface area contributed by atoms with E-state index in [1.807, 2.05) is 0 Å². The molecule has 2 rings (SSSR count). The number of carbonyl (C=O) groups excluding carboxylic acids is 3. The van der Waals surface area contributed by atoms with Gasteiger partial charge in [-0.15, -0.1) is 19.7 Å². The predicted molar refractivity (Wildman–Crippen MR) is 146 cm³/mol. The highest BCUT2D eigenvalue weighted by Gasteiger charge is 2.20.